The Hall–Kier alpha value is -3.23. The molecule has 0 amide bonds. The van der Waals surface area contributed by atoms with E-state index in [0.29, 0.717) is 33.7 Å². The van der Waals surface area contributed by atoms with E-state index >= 15 is 0 Å². The van der Waals surface area contributed by atoms with E-state index in [-0.39, 0.29) is 6.04 Å². The maximum absolute atomic E-state index is 6.56. The van der Waals surface area contributed by atoms with Gasteiger partial charge in [0.15, 0.2) is 11.6 Å². The fraction of sp³-hybridized carbons (Fsp3) is 0.273. The fourth-order valence-corrected chi connectivity index (χ4v) is 4.07. The Morgan fingerprint density at radius 3 is 2.77 bits per heavy atom. The maximum Gasteiger partial charge on any atom is 0.169 e. The number of benzene rings is 1. The molecule has 31 heavy (non-hydrogen) atoms. The number of nitrogen functional groups attached to an aromatic ring is 1. The molecule has 3 aromatic heterocycles. The second kappa shape index (κ2) is 8.13. The molecule has 0 unspecified atom stereocenters. The molecule has 1 aromatic carbocycles. The summed E-state index contributed by atoms with van der Waals surface area (Å²) in [6.07, 6.45) is 5.38. The average molecular weight is 436 g/mol. The van der Waals surface area contributed by atoms with E-state index in [9.17, 15) is 0 Å². The van der Waals surface area contributed by atoms with E-state index < -0.39 is 0 Å². The lowest BCUT2D eigenvalue weighted by Gasteiger charge is -2.24. The predicted molar refractivity (Wildman–Crippen MR) is 122 cm³/mol. The van der Waals surface area contributed by atoms with Crippen molar-refractivity contribution in [1.82, 2.24) is 24.7 Å². The third-order valence-electron chi connectivity index (χ3n) is 5.37. The van der Waals surface area contributed by atoms with E-state index in [1.54, 1.807) is 10.9 Å². The molecule has 4 aromatic rings. The highest BCUT2D eigenvalue weighted by molar-refractivity contribution is 6.35. The van der Waals surface area contributed by atoms with Gasteiger partial charge in [0, 0.05) is 49.6 Å². The molecule has 1 saturated heterocycles. The summed E-state index contributed by atoms with van der Waals surface area (Å²) in [5, 5.41) is 9.44. The van der Waals surface area contributed by atoms with Gasteiger partial charge in [-0.25, -0.2) is 9.97 Å². The number of nitrogens with two attached hydrogens (primary N) is 1. The lowest BCUT2D eigenvalue weighted by atomic mass is 10.0. The molecule has 0 aliphatic carbocycles. The first-order valence-electron chi connectivity index (χ1n) is 10.1. The third-order valence-corrected chi connectivity index (χ3v) is 5.66. The van der Waals surface area contributed by atoms with Crippen molar-refractivity contribution in [2.75, 3.05) is 24.3 Å². The molecule has 4 heterocycles. The standard InChI is InChI=1S/C22H22ClN7O/c1-30-8-4-17(29-30)20-19(14-11-13-3-2-7-25-18(13)16(23)12-14)28-22(21(24)27-20)26-15-5-9-31-10-6-15/h2-4,7-8,11-12,15H,5-6,9-10H2,1H3,(H2,24,27)(H,26,28). The summed E-state index contributed by atoms with van der Waals surface area (Å²) in [5.74, 6) is 0.897. The van der Waals surface area contributed by atoms with Gasteiger partial charge in [0.1, 0.15) is 17.1 Å². The van der Waals surface area contributed by atoms with Gasteiger partial charge in [0.2, 0.25) is 0 Å². The summed E-state index contributed by atoms with van der Waals surface area (Å²) in [4.78, 5) is 14.0. The monoisotopic (exact) mass is 435 g/mol. The van der Waals surface area contributed by atoms with Crippen LogP contribution in [0.2, 0.25) is 5.02 Å². The lowest BCUT2D eigenvalue weighted by molar-refractivity contribution is 0.0904. The number of pyridine rings is 1. The number of ether oxygens (including phenoxy) is 1. The molecular weight excluding hydrogens is 414 g/mol. The minimum absolute atomic E-state index is 0.239. The van der Waals surface area contributed by atoms with Crippen molar-refractivity contribution in [2.24, 2.45) is 7.05 Å². The molecule has 5 rings (SSSR count). The van der Waals surface area contributed by atoms with E-state index in [0.717, 1.165) is 42.5 Å². The second-order valence-corrected chi connectivity index (χ2v) is 8.00. The van der Waals surface area contributed by atoms with Crippen molar-refractivity contribution in [3.63, 3.8) is 0 Å². The lowest BCUT2D eigenvalue weighted by Crippen LogP contribution is -2.29. The molecule has 8 nitrogen and oxygen atoms in total. The van der Waals surface area contributed by atoms with Crippen molar-refractivity contribution in [3.05, 3.63) is 47.7 Å². The van der Waals surface area contributed by atoms with Crippen LogP contribution in [0.25, 0.3) is 33.5 Å². The summed E-state index contributed by atoms with van der Waals surface area (Å²) >= 11 is 6.56. The number of nitrogens with zero attached hydrogens (tertiary/aromatic N) is 5. The van der Waals surface area contributed by atoms with Gasteiger partial charge in [-0.3, -0.25) is 9.67 Å². The van der Waals surface area contributed by atoms with E-state index in [4.69, 9.17) is 32.0 Å². The first-order chi connectivity index (χ1) is 15.1. The number of nitrogens with one attached hydrogen (secondary N) is 1. The van der Waals surface area contributed by atoms with Gasteiger partial charge in [-0.1, -0.05) is 17.7 Å². The summed E-state index contributed by atoms with van der Waals surface area (Å²) in [6, 6.07) is 9.87. The smallest absolute Gasteiger partial charge is 0.169 e. The van der Waals surface area contributed by atoms with E-state index in [1.807, 2.05) is 43.6 Å². The van der Waals surface area contributed by atoms with Crippen LogP contribution in [0.4, 0.5) is 11.6 Å². The van der Waals surface area contributed by atoms with Crippen molar-refractivity contribution in [1.29, 1.82) is 0 Å². The number of aromatic nitrogens is 5. The van der Waals surface area contributed by atoms with Gasteiger partial charge in [0.25, 0.3) is 0 Å². The molecule has 0 radical (unpaired) electrons. The summed E-state index contributed by atoms with van der Waals surface area (Å²) in [7, 11) is 1.86. The Morgan fingerprint density at radius 1 is 1.16 bits per heavy atom. The molecule has 9 heteroatoms. The summed E-state index contributed by atoms with van der Waals surface area (Å²) in [6.45, 7) is 1.44. The number of rotatable bonds is 4. The average Bonchev–Trinajstić information content (AvgIpc) is 3.22. The minimum Gasteiger partial charge on any atom is -0.381 e. The maximum atomic E-state index is 6.56. The quantitative estimate of drug-likeness (QED) is 0.500. The molecule has 0 saturated carbocycles. The molecule has 158 valence electrons. The first-order valence-corrected chi connectivity index (χ1v) is 10.5. The largest absolute Gasteiger partial charge is 0.381 e. The van der Waals surface area contributed by atoms with Crippen LogP contribution >= 0.6 is 11.6 Å². The van der Waals surface area contributed by atoms with Crippen molar-refractivity contribution < 1.29 is 4.74 Å². The van der Waals surface area contributed by atoms with Crippen LogP contribution < -0.4 is 11.1 Å². The van der Waals surface area contributed by atoms with Crippen LogP contribution in [-0.4, -0.2) is 44.0 Å². The number of hydrogen-bond donors (Lipinski definition) is 2. The van der Waals surface area contributed by atoms with Gasteiger partial charge in [-0.05, 0) is 37.1 Å². The Morgan fingerprint density at radius 2 is 2.00 bits per heavy atom. The Bertz CT molecular complexity index is 1250. The van der Waals surface area contributed by atoms with E-state index in [2.05, 4.69) is 15.4 Å². The van der Waals surface area contributed by atoms with Crippen molar-refractivity contribution in [3.8, 4) is 22.6 Å². The zero-order chi connectivity index (χ0) is 21.4. The topological polar surface area (TPSA) is 104 Å². The zero-order valence-corrected chi connectivity index (χ0v) is 17.8. The third kappa shape index (κ3) is 3.92. The first kappa shape index (κ1) is 19.7. The minimum atomic E-state index is 0.239. The highest BCUT2D eigenvalue weighted by Gasteiger charge is 2.21. The SMILES string of the molecule is Cn1ccc(-c2nc(N)c(NC3CCOCC3)nc2-c2cc(Cl)c3ncccc3c2)n1. The molecule has 3 N–H and O–H groups in total. The van der Waals surface area contributed by atoms with Crippen molar-refractivity contribution >= 4 is 34.1 Å². The van der Waals surface area contributed by atoms with E-state index in [1.165, 1.54) is 0 Å². The Kier molecular flexibility index (Phi) is 5.17. The second-order valence-electron chi connectivity index (χ2n) is 7.59. The predicted octanol–water partition coefficient (Wildman–Crippen LogP) is 3.92. The molecule has 1 aliphatic rings. The highest BCUT2D eigenvalue weighted by atomic mass is 35.5. The fourth-order valence-electron chi connectivity index (χ4n) is 3.80. The van der Waals surface area contributed by atoms with Crippen LogP contribution in [-0.2, 0) is 11.8 Å². The molecule has 0 atom stereocenters. The number of aryl methyl sites for hydroxylation is 1. The Labute approximate surface area is 184 Å². The normalized spacial score (nSPS) is 14.8. The van der Waals surface area contributed by atoms with Crippen molar-refractivity contribution in [2.45, 2.75) is 18.9 Å². The zero-order valence-electron chi connectivity index (χ0n) is 17.0. The van der Waals surface area contributed by atoms with Crippen LogP contribution in [0.5, 0.6) is 0 Å². The van der Waals surface area contributed by atoms with Crippen LogP contribution in [0.3, 0.4) is 0 Å². The number of halogens is 1. The highest BCUT2D eigenvalue weighted by Crippen LogP contribution is 2.35. The van der Waals surface area contributed by atoms with Gasteiger partial charge in [-0.15, -0.1) is 0 Å². The van der Waals surface area contributed by atoms with Crippen LogP contribution in [0.1, 0.15) is 12.8 Å². The molecule has 1 aliphatic heterocycles. The van der Waals surface area contributed by atoms with Gasteiger partial charge >= 0.3 is 0 Å². The summed E-state index contributed by atoms with van der Waals surface area (Å²) < 4.78 is 7.18. The molecule has 0 bridgehead atoms. The Balaban J connectivity index is 1.66. The van der Waals surface area contributed by atoms with Gasteiger partial charge in [0.05, 0.1) is 10.5 Å². The number of hydrogen-bond acceptors (Lipinski definition) is 7. The van der Waals surface area contributed by atoms with Gasteiger partial charge < -0.3 is 15.8 Å². The molecule has 0 spiro atoms. The number of anilines is 2. The van der Waals surface area contributed by atoms with Gasteiger partial charge in [-0.2, -0.15) is 5.10 Å². The molecular formula is C22H22ClN7O. The van der Waals surface area contributed by atoms with Crippen LogP contribution in [0.15, 0.2) is 42.7 Å². The summed E-state index contributed by atoms with van der Waals surface area (Å²) in [5.41, 5.74) is 9.85. The van der Waals surface area contributed by atoms with Crippen LogP contribution in [0, 0.1) is 0 Å². The molecule has 1 fully saturated rings. The number of fused-ring (bicyclic) bond motifs is 1.